The quantitative estimate of drug-likeness (QED) is 0.808. The van der Waals surface area contributed by atoms with Gasteiger partial charge in [0.25, 0.3) is 0 Å². The van der Waals surface area contributed by atoms with E-state index in [0.717, 1.165) is 37.8 Å². The number of benzene rings is 1. The molecule has 22 heavy (non-hydrogen) atoms. The summed E-state index contributed by atoms with van der Waals surface area (Å²) in [6.07, 6.45) is 3.93. The van der Waals surface area contributed by atoms with E-state index in [0.29, 0.717) is 12.1 Å². The Morgan fingerprint density at radius 1 is 1.27 bits per heavy atom. The molecule has 0 bridgehead atoms. The number of amides is 1. The number of nitrogens with one attached hydrogen (secondary N) is 2. The normalized spacial score (nSPS) is 17.2. The van der Waals surface area contributed by atoms with Gasteiger partial charge in [0.2, 0.25) is 5.91 Å². The first kappa shape index (κ1) is 18.5. The van der Waals surface area contributed by atoms with Crippen LogP contribution in [0.25, 0.3) is 0 Å². The summed E-state index contributed by atoms with van der Waals surface area (Å²) >= 11 is 0. The van der Waals surface area contributed by atoms with Crippen LogP contribution in [0.4, 0.5) is 0 Å². The Morgan fingerprint density at radius 3 is 2.59 bits per heavy atom. The monoisotopic (exact) mass is 326 g/mol. The number of carbonyl (C=O) groups is 2. The van der Waals surface area contributed by atoms with E-state index in [-0.39, 0.29) is 30.3 Å². The number of ether oxygens (including phenoxy) is 1. The minimum Gasteiger partial charge on any atom is -0.465 e. The van der Waals surface area contributed by atoms with Crippen LogP contribution < -0.4 is 10.6 Å². The first-order valence-corrected chi connectivity index (χ1v) is 7.39. The van der Waals surface area contributed by atoms with E-state index in [1.165, 1.54) is 7.11 Å². The van der Waals surface area contributed by atoms with E-state index in [4.69, 9.17) is 0 Å². The van der Waals surface area contributed by atoms with Crippen LogP contribution in [-0.4, -0.2) is 38.1 Å². The molecular formula is C16H23ClN2O3. The number of piperidine rings is 1. The Morgan fingerprint density at radius 2 is 2.00 bits per heavy atom. The average Bonchev–Trinajstić information content (AvgIpc) is 2.55. The lowest BCUT2D eigenvalue weighted by molar-refractivity contribution is -0.123. The van der Waals surface area contributed by atoms with Crippen molar-refractivity contribution in [3.63, 3.8) is 0 Å². The second-order valence-corrected chi connectivity index (χ2v) is 5.23. The molecule has 2 N–H and O–H groups in total. The number of carbonyl (C=O) groups excluding carboxylic acids is 2. The Labute approximate surface area is 137 Å². The van der Waals surface area contributed by atoms with Gasteiger partial charge in [0.15, 0.2) is 0 Å². The van der Waals surface area contributed by atoms with Gasteiger partial charge in [-0.05, 0) is 43.5 Å². The third kappa shape index (κ3) is 5.31. The van der Waals surface area contributed by atoms with Crippen molar-refractivity contribution in [1.82, 2.24) is 10.6 Å². The fourth-order valence-corrected chi connectivity index (χ4v) is 2.45. The molecule has 0 aromatic heterocycles. The van der Waals surface area contributed by atoms with Crippen molar-refractivity contribution < 1.29 is 14.3 Å². The topological polar surface area (TPSA) is 67.4 Å². The summed E-state index contributed by atoms with van der Waals surface area (Å²) < 4.78 is 4.65. The van der Waals surface area contributed by atoms with E-state index >= 15 is 0 Å². The predicted molar refractivity (Wildman–Crippen MR) is 87.4 cm³/mol. The molecule has 122 valence electrons. The van der Waals surface area contributed by atoms with Crippen LogP contribution >= 0.6 is 12.4 Å². The number of methoxy groups -OCH3 is 1. The second kappa shape index (κ2) is 9.43. The molecule has 0 aliphatic carbocycles. The number of hydrogen-bond donors (Lipinski definition) is 2. The van der Waals surface area contributed by atoms with Gasteiger partial charge < -0.3 is 15.4 Å². The lowest BCUT2D eigenvalue weighted by atomic mass is 10.0. The molecule has 1 heterocycles. The van der Waals surface area contributed by atoms with Crippen LogP contribution in [0.5, 0.6) is 0 Å². The van der Waals surface area contributed by atoms with Gasteiger partial charge in [0.1, 0.15) is 0 Å². The van der Waals surface area contributed by atoms with Gasteiger partial charge >= 0.3 is 5.97 Å². The van der Waals surface area contributed by atoms with Gasteiger partial charge in [-0.1, -0.05) is 18.6 Å². The van der Waals surface area contributed by atoms with Gasteiger partial charge in [-0.15, -0.1) is 12.4 Å². The second-order valence-electron chi connectivity index (χ2n) is 5.23. The molecule has 1 aliphatic rings. The Kier molecular flexibility index (Phi) is 7.91. The minimum atomic E-state index is -0.335. The minimum absolute atomic E-state index is 0. The summed E-state index contributed by atoms with van der Waals surface area (Å²) in [5.74, 6) is -0.251. The molecule has 0 saturated carbocycles. The first-order chi connectivity index (χ1) is 10.2. The lowest BCUT2D eigenvalue weighted by Gasteiger charge is -2.22. The van der Waals surface area contributed by atoms with Crippen molar-refractivity contribution in [3.05, 3.63) is 35.4 Å². The summed E-state index contributed by atoms with van der Waals surface area (Å²) in [5, 5.41) is 6.19. The lowest BCUT2D eigenvalue weighted by Crippen LogP contribution is -2.47. The zero-order valence-corrected chi connectivity index (χ0v) is 13.6. The van der Waals surface area contributed by atoms with Crippen LogP contribution in [0, 0.1) is 0 Å². The zero-order chi connectivity index (χ0) is 15.1. The fraction of sp³-hybridized carbons (Fsp3) is 0.500. The number of hydrogen-bond acceptors (Lipinski definition) is 4. The predicted octanol–water partition coefficient (Wildman–Crippen LogP) is 1.70. The van der Waals surface area contributed by atoms with Gasteiger partial charge in [0, 0.05) is 6.54 Å². The van der Waals surface area contributed by atoms with Crippen LogP contribution in [0.1, 0.15) is 35.2 Å². The molecule has 1 unspecified atom stereocenters. The SMILES string of the molecule is COC(=O)c1ccc(CCNC(=O)C2CCCCN2)cc1.Cl. The highest BCUT2D eigenvalue weighted by Crippen LogP contribution is 2.08. The molecule has 1 aromatic rings. The molecule has 1 amide bonds. The van der Waals surface area contributed by atoms with Crippen LogP contribution in [0.15, 0.2) is 24.3 Å². The summed E-state index contributed by atoms with van der Waals surface area (Å²) in [7, 11) is 1.37. The van der Waals surface area contributed by atoms with Crippen LogP contribution in [-0.2, 0) is 16.0 Å². The maximum atomic E-state index is 11.9. The van der Waals surface area contributed by atoms with Crippen molar-refractivity contribution in [2.75, 3.05) is 20.2 Å². The maximum absolute atomic E-state index is 11.9. The smallest absolute Gasteiger partial charge is 0.337 e. The number of halogens is 1. The Bertz CT molecular complexity index is 485. The molecule has 1 fully saturated rings. The highest BCUT2D eigenvalue weighted by atomic mass is 35.5. The molecule has 1 atom stereocenters. The molecule has 6 heteroatoms. The third-order valence-corrected chi connectivity index (χ3v) is 3.71. The first-order valence-electron chi connectivity index (χ1n) is 7.39. The number of esters is 1. The van der Waals surface area contributed by atoms with E-state index < -0.39 is 0 Å². The van der Waals surface area contributed by atoms with Gasteiger partial charge in [-0.25, -0.2) is 4.79 Å². The largest absolute Gasteiger partial charge is 0.465 e. The van der Waals surface area contributed by atoms with Crippen molar-refractivity contribution in [2.45, 2.75) is 31.7 Å². The van der Waals surface area contributed by atoms with E-state index in [2.05, 4.69) is 15.4 Å². The highest BCUT2D eigenvalue weighted by molar-refractivity contribution is 5.89. The van der Waals surface area contributed by atoms with Crippen LogP contribution in [0.2, 0.25) is 0 Å². The van der Waals surface area contributed by atoms with E-state index in [1.807, 2.05) is 12.1 Å². The summed E-state index contributed by atoms with van der Waals surface area (Å²) in [6.45, 7) is 1.53. The van der Waals surface area contributed by atoms with Gasteiger partial charge in [0.05, 0.1) is 18.7 Å². The molecule has 5 nitrogen and oxygen atoms in total. The summed E-state index contributed by atoms with van der Waals surface area (Å²) in [6, 6.07) is 7.21. The van der Waals surface area contributed by atoms with E-state index in [1.54, 1.807) is 12.1 Å². The Hall–Kier alpha value is -1.59. The Balaban J connectivity index is 0.00000242. The molecular weight excluding hydrogens is 304 g/mol. The molecule has 1 aliphatic heterocycles. The molecule has 1 aromatic carbocycles. The molecule has 0 spiro atoms. The van der Waals surface area contributed by atoms with Gasteiger partial charge in [-0.2, -0.15) is 0 Å². The van der Waals surface area contributed by atoms with Gasteiger partial charge in [-0.3, -0.25) is 4.79 Å². The molecule has 2 rings (SSSR count). The van der Waals surface area contributed by atoms with Crippen LogP contribution in [0.3, 0.4) is 0 Å². The van der Waals surface area contributed by atoms with E-state index in [9.17, 15) is 9.59 Å². The van der Waals surface area contributed by atoms with Crippen molar-refractivity contribution in [3.8, 4) is 0 Å². The standard InChI is InChI=1S/C16H22N2O3.ClH/c1-21-16(20)13-7-5-12(6-8-13)9-11-18-15(19)14-4-2-3-10-17-14;/h5-8,14,17H,2-4,9-11H2,1H3,(H,18,19);1H. The van der Waals surface area contributed by atoms with Crippen molar-refractivity contribution in [2.24, 2.45) is 0 Å². The molecule has 0 radical (unpaired) electrons. The van der Waals surface area contributed by atoms with Crippen molar-refractivity contribution in [1.29, 1.82) is 0 Å². The summed E-state index contributed by atoms with van der Waals surface area (Å²) in [5.41, 5.74) is 1.62. The summed E-state index contributed by atoms with van der Waals surface area (Å²) in [4.78, 5) is 23.3. The average molecular weight is 327 g/mol. The highest BCUT2D eigenvalue weighted by Gasteiger charge is 2.19. The fourth-order valence-electron chi connectivity index (χ4n) is 2.45. The molecule has 1 saturated heterocycles. The maximum Gasteiger partial charge on any atom is 0.337 e. The van der Waals surface area contributed by atoms with Crippen molar-refractivity contribution >= 4 is 24.3 Å². The number of rotatable bonds is 5. The third-order valence-electron chi connectivity index (χ3n) is 3.71. The zero-order valence-electron chi connectivity index (χ0n) is 12.8.